The average molecular weight is 279 g/mol. The summed E-state index contributed by atoms with van der Waals surface area (Å²) in [4.78, 5) is 0.176. The summed E-state index contributed by atoms with van der Waals surface area (Å²) in [5.41, 5.74) is 0. The van der Waals surface area contributed by atoms with Crippen molar-refractivity contribution in [2.24, 2.45) is 0 Å². The molecule has 0 atom stereocenters. The highest BCUT2D eigenvalue weighted by molar-refractivity contribution is 7.93. The van der Waals surface area contributed by atoms with Crippen molar-refractivity contribution < 1.29 is 13.2 Å². The van der Waals surface area contributed by atoms with Crippen LogP contribution in [0.3, 0.4) is 0 Å². The summed E-state index contributed by atoms with van der Waals surface area (Å²) in [5.74, 6) is 0.491. The van der Waals surface area contributed by atoms with Crippen molar-refractivity contribution in [1.29, 1.82) is 5.26 Å². The van der Waals surface area contributed by atoms with Gasteiger partial charge in [-0.15, -0.1) is 0 Å². The van der Waals surface area contributed by atoms with Crippen LogP contribution in [0.5, 0.6) is 5.75 Å². The summed E-state index contributed by atoms with van der Waals surface area (Å²) < 4.78 is 29.3. The van der Waals surface area contributed by atoms with E-state index in [1.165, 1.54) is 19.2 Å². The molecule has 0 aliphatic heterocycles. The smallest absolute Gasteiger partial charge is 0.197 e. The molecule has 0 bridgehead atoms. The van der Waals surface area contributed by atoms with Gasteiger partial charge in [0.05, 0.1) is 18.1 Å². The lowest BCUT2D eigenvalue weighted by atomic mass is 9.89. The number of benzene rings is 1. The van der Waals surface area contributed by atoms with Gasteiger partial charge < -0.3 is 4.74 Å². The van der Waals surface area contributed by atoms with Crippen molar-refractivity contribution in [2.75, 3.05) is 7.11 Å². The molecular formula is C14H17NO3S. The zero-order chi connectivity index (χ0) is 13.9. The normalized spacial score (nSPS) is 18.5. The number of ether oxygens (including phenoxy) is 1. The van der Waals surface area contributed by atoms with E-state index in [1.807, 2.05) is 0 Å². The molecule has 19 heavy (non-hydrogen) atoms. The Balaban J connectivity index is 2.48. The minimum Gasteiger partial charge on any atom is -0.497 e. The zero-order valence-electron chi connectivity index (χ0n) is 10.9. The number of methoxy groups -OCH3 is 1. The molecule has 5 heteroatoms. The lowest BCUT2D eigenvalue weighted by Gasteiger charge is -2.30. The van der Waals surface area contributed by atoms with Crippen molar-refractivity contribution in [3.05, 3.63) is 24.3 Å². The number of rotatable bonds is 3. The second kappa shape index (κ2) is 5.22. The second-order valence-corrected chi connectivity index (χ2v) is 7.11. The standard InChI is InChI=1S/C14H17NO3S/c1-18-12-6-5-7-13(10-12)19(16,17)14(11-15)8-3-2-4-9-14/h5-7,10H,2-4,8-9H2,1H3. The van der Waals surface area contributed by atoms with Gasteiger partial charge in [0.1, 0.15) is 5.75 Å². The summed E-state index contributed by atoms with van der Waals surface area (Å²) >= 11 is 0. The first-order valence-electron chi connectivity index (χ1n) is 6.36. The van der Waals surface area contributed by atoms with E-state index in [4.69, 9.17) is 4.74 Å². The Kier molecular flexibility index (Phi) is 3.81. The summed E-state index contributed by atoms with van der Waals surface area (Å²) in [7, 11) is -2.15. The summed E-state index contributed by atoms with van der Waals surface area (Å²) in [6.45, 7) is 0. The molecule has 1 saturated carbocycles. The van der Waals surface area contributed by atoms with Crippen molar-refractivity contribution in [2.45, 2.75) is 41.7 Å². The predicted molar refractivity (Wildman–Crippen MR) is 71.6 cm³/mol. The quantitative estimate of drug-likeness (QED) is 0.853. The maximum Gasteiger partial charge on any atom is 0.197 e. The lowest BCUT2D eigenvalue weighted by molar-refractivity contribution is 0.412. The SMILES string of the molecule is COc1cccc(S(=O)(=O)C2(C#N)CCCCC2)c1. The molecule has 102 valence electrons. The molecule has 2 rings (SSSR count). The molecule has 1 aliphatic rings. The Hall–Kier alpha value is -1.54. The summed E-state index contributed by atoms with van der Waals surface area (Å²) in [5, 5.41) is 9.40. The van der Waals surface area contributed by atoms with Gasteiger partial charge in [-0.25, -0.2) is 8.42 Å². The first-order valence-corrected chi connectivity index (χ1v) is 7.84. The molecule has 0 spiro atoms. The van der Waals surface area contributed by atoms with Gasteiger partial charge in [-0.05, 0) is 31.0 Å². The van der Waals surface area contributed by atoms with Gasteiger partial charge in [0.15, 0.2) is 14.6 Å². The van der Waals surface area contributed by atoms with Gasteiger partial charge >= 0.3 is 0 Å². The molecule has 1 aromatic rings. The highest BCUT2D eigenvalue weighted by Gasteiger charge is 2.45. The highest BCUT2D eigenvalue weighted by atomic mass is 32.2. The Morgan fingerprint density at radius 3 is 2.53 bits per heavy atom. The average Bonchev–Trinajstić information content (AvgIpc) is 2.47. The van der Waals surface area contributed by atoms with Gasteiger partial charge in [-0.1, -0.05) is 25.3 Å². The number of nitrogens with zero attached hydrogens (tertiary/aromatic N) is 1. The van der Waals surface area contributed by atoms with Crippen LogP contribution in [0.4, 0.5) is 0 Å². The third kappa shape index (κ3) is 2.33. The van der Waals surface area contributed by atoms with Crippen LogP contribution in [0.15, 0.2) is 29.2 Å². The van der Waals surface area contributed by atoms with Crippen molar-refractivity contribution >= 4 is 9.84 Å². The molecule has 4 nitrogen and oxygen atoms in total. The topological polar surface area (TPSA) is 67.2 Å². The van der Waals surface area contributed by atoms with Crippen LogP contribution in [-0.4, -0.2) is 20.3 Å². The van der Waals surface area contributed by atoms with Crippen LogP contribution in [-0.2, 0) is 9.84 Å². The summed E-state index contributed by atoms with van der Waals surface area (Å²) in [6, 6.07) is 8.42. The Labute approximate surface area is 113 Å². The van der Waals surface area contributed by atoms with E-state index < -0.39 is 14.6 Å². The fourth-order valence-corrected chi connectivity index (χ4v) is 4.48. The van der Waals surface area contributed by atoms with E-state index in [1.54, 1.807) is 12.1 Å². The molecule has 0 radical (unpaired) electrons. The number of hydrogen-bond donors (Lipinski definition) is 0. The number of nitriles is 1. The van der Waals surface area contributed by atoms with Crippen molar-refractivity contribution in [1.82, 2.24) is 0 Å². The van der Waals surface area contributed by atoms with Crippen LogP contribution in [0.25, 0.3) is 0 Å². The molecule has 0 N–H and O–H groups in total. The van der Waals surface area contributed by atoms with E-state index in [9.17, 15) is 13.7 Å². The maximum atomic E-state index is 12.7. The Morgan fingerprint density at radius 1 is 1.26 bits per heavy atom. The Bertz CT molecular complexity index is 595. The monoisotopic (exact) mass is 279 g/mol. The second-order valence-electron chi connectivity index (χ2n) is 4.85. The molecule has 1 fully saturated rings. The maximum absolute atomic E-state index is 12.7. The van der Waals surface area contributed by atoms with Gasteiger partial charge in [-0.2, -0.15) is 5.26 Å². The van der Waals surface area contributed by atoms with E-state index in [0.717, 1.165) is 19.3 Å². The Morgan fingerprint density at radius 2 is 1.95 bits per heavy atom. The molecule has 0 aromatic heterocycles. The van der Waals surface area contributed by atoms with Crippen molar-refractivity contribution in [3.63, 3.8) is 0 Å². The molecule has 0 saturated heterocycles. The molecule has 0 unspecified atom stereocenters. The van der Waals surface area contributed by atoms with Crippen LogP contribution < -0.4 is 4.74 Å². The van der Waals surface area contributed by atoms with E-state index in [-0.39, 0.29) is 4.90 Å². The predicted octanol–water partition coefficient (Wildman–Crippen LogP) is 2.70. The third-order valence-corrected chi connectivity index (χ3v) is 6.13. The molecule has 1 aliphatic carbocycles. The first kappa shape index (κ1) is 13.9. The third-order valence-electron chi connectivity index (χ3n) is 3.73. The minimum atomic E-state index is -3.65. The molecular weight excluding hydrogens is 262 g/mol. The number of hydrogen-bond acceptors (Lipinski definition) is 4. The summed E-state index contributed by atoms with van der Waals surface area (Å²) in [6.07, 6.45) is 3.41. The molecule has 1 aromatic carbocycles. The van der Waals surface area contributed by atoms with E-state index in [2.05, 4.69) is 6.07 Å². The fourth-order valence-electron chi connectivity index (χ4n) is 2.56. The first-order chi connectivity index (χ1) is 9.05. The van der Waals surface area contributed by atoms with E-state index >= 15 is 0 Å². The van der Waals surface area contributed by atoms with Gasteiger partial charge in [0.2, 0.25) is 0 Å². The van der Waals surface area contributed by atoms with Gasteiger partial charge in [-0.3, -0.25) is 0 Å². The van der Waals surface area contributed by atoms with Crippen LogP contribution in [0.1, 0.15) is 32.1 Å². The fraction of sp³-hybridized carbons (Fsp3) is 0.500. The molecule has 0 heterocycles. The van der Waals surface area contributed by atoms with Crippen LogP contribution >= 0.6 is 0 Å². The highest BCUT2D eigenvalue weighted by Crippen LogP contribution is 2.39. The largest absolute Gasteiger partial charge is 0.497 e. The lowest BCUT2D eigenvalue weighted by Crippen LogP contribution is -2.39. The van der Waals surface area contributed by atoms with E-state index in [0.29, 0.717) is 18.6 Å². The number of sulfone groups is 1. The zero-order valence-corrected chi connectivity index (χ0v) is 11.7. The van der Waals surface area contributed by atoms with Crippen LogP contribution in [0.2, 0.25) is 0 Å². The van der Waals surface area contributed by atoms with Crippen molar-refractivity contribution in [3.8, 4) is 11.8 Å². The van der Waals surface area contributed by atoms with Gasteiger partial charge in [0, 0.05) is 0 Å². The molecule has 0 amide bonds. The van der Waals surface area contributed by atoms with Gasteiger partial charge in [0.25, 0.3) is 0 Å². The van der Waals surface area contributed by atoms with Crippen LogP contribution in [0, 0.1) is 11.3 Å². The minimum absolute atomic E-state index is 0.176.